The number of halogens is 1. The molecule has 0 unspecified atom stereocenters. The number of hydrogen-bond acceptors (Lipinski definition) is 6. The number of carbonyl (C=O) groups excluding carboxylic acids is 2. The predicted molar refractivity (Wildman–Crippen MR) is 103 cm³/mol. The maximum Gasteiger partial charge on any atom is 0.337 e. The van der Waals surface area contributed by atoms with Crippen LogP contribution in [-0.2, 0) is 4.74 Å². The third kappa shape index (κ3) is 4.80. The summed E-state index contributed by atoms with van der Waals surface area (Å²) in [6.07, 6.45) is 1.47. The molecule has 0 atom stereocenters. The highest BCUT2D eigenvalue weighted by Gasteiger charge is 2.11. The molecular formula is C19H15ClN4O3. The predicted octanol–water partition coefficient (Wildman–Crippen LogP) is 3.91. The number of nitrogens with zero attached hydrogens (tertiary/aromatic N) is 2. The minimum absolute atomic E-state index is 0.165. The molecule has 0 aliphatic rings. The summed E-state index contributed by atoms with van der Waals surface area (Å²) in [5.74, 6) is -0.664. The average Bonchev–Trinajstić information content (AvgIpc) is 2.68. The van der Waals surface area contributed by atoms with Crippen LogP contribution in [0, 0.1) is 0 Å². The van der Waals surface area contributed by atoms with Gasteiger partial charge in [-0.25, -0.2) is 14.8 Å². The van der Waals surface area contributed by atoms with Crippen molar-refractivity contribution in [2.24, 2.45) is 0 Å². The van der Waals surface area contributed by atoms with E-state index in [1.165, 1.54) is 25.4 Å². The van der Waals surface area contributed by atoms with Gasteiger partial charge < -0.3 is 15.4 Å². The summed E-state index contributed by atoms with van der Waals surface area (Å²) < 4.78 is 4.67. The molecule has 0 radical (unpaired) electrons. The lowest BCUT2D eigenvalue weighted by Crippen LogP contribution is -2.15. The van der Waals surface area contributed by atoms with E-state index in [1.54, 1.807) is 42.5 Å². The number of esters is 1. The molecule has 0 aliphatic carbocycles. The smallest absolute Gasteiger partial charge is 0.337 e. The molecule has 1 heterocycles. The van der Waals surface area contributed by atoms with Crippen molar-refractivity contribution in [1.29, 1.82) is 0 Å². The Kier molecular flexibility index (Phi) is 5.63. The largest absolute Gasteiger partial charge is 0.465 e. The van der Waals surface area contributed by atoms with Gasteiger partial charge in [-0.1, -0.05) is 23.7 Å². The highest BCUT2D eigenvalue weighted by atomic mass is 35.5. The molecule has 2 N–H and O–H groups in total. The normalized spacial score (nSPS) is 10.1. The zero-order valence-electron chi connectivity index (χ0n) is 14.3. The molecule has 3 aromatic rings. The zero-order chi connectivity index (χ0) is 19.2. The first-order valence-corrected chi connectivity index (χ1v) is 8.28. The third-order valence-corrected chi connectivity index (χ3v) is 3.75. The van der Waals surface area contributed by atoms with Gasteiger partial charge in [-0.2, -0.15) is 0 Å². The molecule has 7 nitrogen and oxygen atoms in total. The van der Waals surface area contributed by atoms with E-state index in [9.17, 15) is 9.59 Å². The fourth-order valence-corrected chi connectivity index (χ4v) is 2.47. The van der Waals surface area contributed by atoms with E-state index >= 15 is 0 Å². The highest BCUT2D eigenvalue weighted by molar-refractivity contribution is 6.30. The van der Waals surface area contributed by atoms with Crippen LogP contribution in [0.5, 0.6) is 0 Å². The molecule has 1 aromatic heterocycles. The standard InChI is InChI=1S/C19H15ClN4O3/c1-27-18(26)12-4-2-6-14(10-12)22-17(25)16-8-9-21-19(24-16)23-15-7-3-5-13(20)11-15/h2-11H,1H3,(H,22,25)(H,21,23,24). The monoisotopic (exact) mass is 382 g/mol. The number of methoxy groups -OCH3 is 1. The van der Waals surface area contributed by atoms with E-state index in [0.717, 1.165) is 0 Å². The Labute approximate surface area is 160 Å². The average molecular weight is 383 g/mol. The molecule has 0 fully saturated rings. The van der Waals surface area contributed by atoms with Gasteiger partial charge in [0, 0.05) is 22.6 Å². The van der Waals surface area contributed by atoms with Crippen LogP contribution >= 0.6 is 11.6 Å². The van der Waals surface area contributed by atoms with Crippen LogP contribution in [0.15, 0.2) is 60.8 Å². The van der Waals surface area contributed by atoms with Gasteiger partial charge in [0.15, 0.2) is 0 Å². The molecule has 0 saturated carbocycles. The van der Waals surface area contributed by atoms with Crippen molar-refractivity contribution in [2.45, 2.75) is 0 Å². The number of amides is 1. The second-order valence-electron chi connectivity index (χ2n) is 5.43. The zero-order valence-corrected chi connectivity index (χ0v) is 15.0. The molecule has 0 saturated heterocycles. The SMILES string of the molecule is COC(=O)c1cccc(NC(=O)c2ccnc(Nc3cccc(Cl)c3)n2)c1. The molecule has 0 aliphatic heterocycles. The summed E-state index contributed by atoms with van der Waals surface area (Å²) in [6, 6.07) is 15.0. The van der Waals surface area contributed by atoms with E-state index in [4.69, 9.17) is 11.6 Å². The maximum atomic E-state index is 12.5. The molecule has 136 valence electrons. The van der Waals surface area contributed by atoms with Crippen LogP contribution < -0.4 is 10.6 Å². The fraction of sp³-hybridized carbons (Fsp3) is 0.0526. The van der Waals surface area contributed by atoms with E-state index in [1.807, 2.05) is 0 Å². The van der Waals surface area contributed by atoms with Crippen molar-refractivity contribution in [3.8, 4) is 0 Å². The molecule has 8 heteroatoms. The first-order chi connectivity index (χ1) is 13.0. The lowest BCUT2D eigenvalue weighted by molar-refractivity contribution is 0.0600. The number of aromatic nitrogens is 2. The number of nitrogens with one attached hydrogen (secondary N) is 2. The number of rotatable bonds is 5. The minimum atomic E-state index is -0.485. The van der Waals surface area contributed by atoms with E-state index in [0.29, 0.717) is 22.0 Å². The molecule has 0 bridgehead atoms. The lowest BCUT2D eigenvalue weighted by Gasteiger charge is -2.08. The highest BCUT2D eigenvalue weighted by Crippen LogP contribution is 2.18. The Balaban J connectivity index is 1.75. The first-order valence-electron chi connectivity index (χ1n) is 7.90. The van der Waals surface area contributed by atoms with Gasteiger partial charge in [0.2, 0.25) is 5.95 Å². The third-order valence-electron chi connectivity index (χ3n) is 3.51. The quantitative estimate of drug-likeness (QED) is 0.650. The molecule has 3 rings (SSSR count). The summed E-state index contributed by atoms with van der Waals surface area (Å²) in [5, 5.41) is 6.25. The van der Waals surface area contributed by atoms with E-state index in [2.05, 4.69) is 25.3 Å². The van der Waals surface area contributed by atoms with Gasteiger partial charge in [-0.15, -0.1) is 0 Å². The van der Waals surface area contributed by atoms with Gasteiger partial charge in [-0.05, 0) is 42.5 Å². The molecular weight excluding hydrogens is 368 g/mol. The van der Waals surface area contributed by atoms with Crippen LogP contribution in [0.3, 0.4) is 0 Å². The molecule has 27 heavy (non-hydrogen) atoms. The van der Waals surface area contributed by atoms with E-state index < -0.39 is 11.9 Å². The van der Waals surface area contributed by atoms with Gasteiger partial charge in [-0.3, -0.25) is 4.79 Å². The number of carbonyl (C=O) groups is 2. The van der Waals surface area contributed by atoms with Crippen LogP contribution in [0.1, 0.15) is 20.8 Å². The van der Waals surface area contributed by atoms with Crippen molar-refractivity contribution in [3.05, 3.63) is 77.1 Å². The summed E-state index contributed by atoms with van der Waals surface area (Å²) in [5.41, 5.74) is 1.65. The number of benzene rings is 2. The Bertz CT molecular complexity index is 994. The Morgan fingerprint density at radius 3 is 2.59 bits per heavy atom. The minimum Gasteiger partial charge on any atom is -0.465 e. The Morgan fingerprint density at radius 2 is 1.81 bits per heavy atom. The summed E-state index contributed by atoms with van der Waals surface area (Å²) >= 11 is 5.95. The summed E-state index contributed by atoms with van der Waals surface area (Å²) in [6.45, 7) is 0. The maximum absolute atomic E-state index is 12.5. The van der Waals surface area contributed by atoms with Crippen molar-refractivity contribution in [3.63, 3.8) is 0 Å². The van der Waals surface area contributed by atoms with Gasteiger partial charge in [0.25, 0.3) is 5.91 Å². The van der Waals surface area contributed by atoms with Crippen LogP contribution in [0.2, 0.25) is 5.02 Å². The Hall–Kier alpha value is -3.45. The van der Waals surface area contributed by atoms with Crippen molar-refractivity contribution < 1.29 is 14.3 Å². The summed E-state index contributed by atoms with van der Waals surface area (Å²) in [4.78, 5) is 32.3. The van der Waals surface area contributed by atoms with Gasteiger partial charge in [0.1, 0.15) is 5.69 Å². The van der Waals surface area contributed by atoms with Crippen molar-refractivity contribution >= 4 is 40.8 Å². The van der Waals surface area contributed by atoms with Gasteiger partial charge in [0.05, 0.1) is 12.7 Å². The number of anilines is 3. The van der Waals surface area contributed by atoms with Crippen LogP contribution in [-0.4, -0.2) is 29.0 Å². The molecule has 0 spiro atoms. The van der Waals surface area contributed by atoms with E-state index in [-0.39, 0.29) is 11.6 Å². The van der Waals surface area contributed by atoms with Crippen LogP contribution in [0.4, 0.5) is 17.3 Å². The Morgan fingerprint density at radius 1 is 1.04 bits per heavy atom. The van der Waals surface area contributed by atoms with Crippen molar-refractivity contribution in [2.75, 3.05) is 17.7 Å². The molecule has 1 amide bonds. The number of hydrogen-bond donors (Lipinski definition) is 2. The lowest BCUT2D eigenvalue weighted by atomic mass is 10.2. The fourth-order valence-electron chi connectivity index (χ4n) is 2.28. The topological polar surface area (TPSA) is 93.2 Å². The first kappa shape index (κ1) is 18.3. The molecule has 2 aromatic carbocycles. The second-order valence-corrected chi connectivity index (χ2v) is 5.86. The summed E-state index contributed by atoms with van der Waals surface area (Å²) in [7, 11) is 1.29. The number of ether oxygens (including phenoxy) is 1. The second kappa shape index (κ2) is 8.29. The van der Waals surface area contributed by atoms with Gasteiger partial charge >= 0.3 is 5.97 Å². The van der Waals surface area contributed by atoms with Crippen LogP contribution in [0.25, 0.3) is 0 Å². The van der Waals surface area contributed by atoms with Crippen molar-refractivity contribution in [1.82, 2.24) is 9.97 Å².